The number of ether oxygens (including phenoxy) is 3. The minimum absolute atomic E-state index is 0.0371. The Hall–Kier alpha value is -3.65. The summed E-state index contributed by atoms with van der Waals surface area (Å²) >= 11 is 29.2. The van der Waals surface area contributed by atoms with E-state index in [0.717, 1.165) is 27.9 Å². The Morgan fingerprint density at radius 1 is 1.07 bits per heavy atom. The molecule has 67 heavy (non-hydrogen) atoms. The monoisotopic (exact) mass is 1060 g/mol. The normalized spacial score (nSPS) is 14.4. The number of carbonyl (C=O) groups is 3. The Labute approximate surface area is 414 Å². The number of furan rings is 1. The summed E-state index contributed by atoms with van der Waals surface area (Å²) in [4.78, 5) is 64.1. The number of carbonyl (C=O) groups excluding carboxylic acids is 2. The summed E-state index contributed by atoms with van der Waals surface area (Å²) in [5.74, 6) is -0.823. The molecule has 1 fully saturated rings. The van der Waals surface area contributed by atoms with Crippen molar-refractivity contribution in [2.75, 3.05) is 43.5 Å². The van der Waals surface area contributed by atoms with Crippen molar-refractivity contribution in [3.05, 3.63) is 92.1 Å². The van der Waals surface area contributed by atoms with Crippen LogP contribution < -0.4 is 20.7 Å². The average molecular weight is 1060 g/mol. The summed E-state index contributed by atoms with van der Waals surface area (Å²) in [6, 6.07) is 12.7. The summed E-state index contributed by atoms with van der Waals surface area (Å²) in [5.41, 5.74) is 2.36. The zero-order chi connectivity index (χ0) is 51.0. The molecule has 2 amide bonds. The molecular formula is C43H59Cl5N5O13P. The number of hydrogen-bond acceptors (Lipinski definition) is 12. The van der Waals surface area contributed by atoms with Crippen LogP contribution in [0.5, 0.6) is 5.75 Å². The van der Waals surface area contributed by atoms with Crippen molar-refractivity contribution in [3.8, 4) is 11.4 Å². The number of amides is 2. The molecule has 0 saturated carbocycles. The fourth-order valence-corrected chi connectivity index (χ4v) is 7.20. The number of nitrogens with one attached hydrogen (secondary N) is 1. The van der Waals surface area contributed by atoms with E-state index in [4.69, 9.17) is 95.9 Å². The topological polar surface area (TPSA) is 236 Å². The van der Waals surface area contributed by atoms with Crippen LogP contribution in [0.4, 0.5) is 5.69 Å². The van der Waals surface area contributed by atoms with E-state index >= 15 is 0 Å². The van der Waals surface area contributed by atoms with Gasteiger partial charge in [0.05, 0.1) is 53.2 Å². The second-order valence-electron chi connectivity index (χ2n) is 16.2. The van der Waals surface area contributed by atoms with Crippen molar-refractivity contribution < 1.29 is 56.9 Å². The van der Waals surface area contributed by atoms with Gasteiger partial charge in [-0.1, -0.05) is 92.3 Å². The van der Waals surface area contributed by atoms with Crippen LogP contribution >= 0.6 is 65.6 Å². The van der Waals surface area contributed by atoms with Gasteiger partial charge in [-0.25, -0.2) is 4.79 Å². The van der Waals surface area contributed by atoms with Gasteiger partial charge in [-0.2, -0.15) is 4.68 Å². The molecule has 18 nitrogen and oxygen atoms in total. The first-order valence-corrected chi connectivity index (χ1v) is 24.6. The lowest BCUT2D eigenvalue weighted by Crippen LogP contribution is -2.45. The van der Waals surface area contributed by atoms with Crippen molar-refractivity contribution in [2.24, 2.45) is 0 Å². The van der Waals surface area contributed by atoms with Gasteiger partial charge in [0, 0.05) is 18.1 Å². The van der Waals surface area contributed by atoms with Crippen molar-refractivity contribution in [3.63, 3.8) is 0 Å². The number of benzene rings is 2. The number of carboxylic acid groups (broad SMARTS) is 1. The molecule has 1 aliphatic heterocycles. The van der Waals surface area contributed by atoms with E-state index in [-0.39, 0.29) is 47.1 Å². The number of halogens is 5. The van der Waals surface area contributed by atoms with Crippen molar-refractivity contribution in [1.29, 1.82) is 0 Å². The molecule has 374 valence electrons. The number of aromatic nitrogens is 2. The van der Waals surface area contributed by atoms with Crippen molar-refractivity contribution in [1.82, 2.24) is 20.0 Å². The minimum Gasteiger partial charge on any atom is -0.489 e. The zero-order valence-corrected chi connectivity index (χ0v) is 43.5. The summed E-state index contributed by atoms with van der Waals surface area (Å²) in [7, 11) is -4.10. The predicted octanol–water partition coefficient (Wildman–Crippen LogP) is 8.86. The Kier molecular flexibility index (Phi) is 23.9. The van der Waals surface area contributed by atoms with Crippen LogP contribution in [0.3, 0.4) is 0 Å². The fourth-order valence-electron chi connectivity index (χ4n) is 5.90. The molecule has 1 atom stereocenters. The first-order chi connectivity index (χ1) is 31.1. The van der Waals surface area contributed by atoms with Gasteiger partial charge in [0.2, 0.25) is 11.8 Å². The van der Waals surface area contributed by atoms with E-state index < -0.39 is 42.7 Å². The van der Waals surface area contributed by atoms with Gasteiger partial charge in [0.15, 0.2) is 4.84 Å². The van der Waals surface area contributed by atoms with Gasteiger partial charge >= 0.3 is 19.3 Å². The van der Waals surface area contributed by atoms with Gasteiger partial charge in [-0.15, -0.1) is 16.7 Å². The van der Waals surface area contributed by atoms with Gasteiger partial charge in [0.25, 0.3) is 5.91 Å². The number of rotatable bonds is 15. The van der Waals surface area contributed by atoms with Gasteiger partial charge in [-0.05, 0) is 77.3 Å². The summed E-state index contributed by atoms with van der Waals surface area (Å²) in [6.45, 7) is 19.8. The lowest BCUT2D eigenvalue weighted by molar-refractivity contribution is -0.144. The molecule has 3 heterocycles. The molecule has 1 unspecified atom stereocenters. The van der Waals surface area contributed by atoms with E-state index in [1.165, 1.54) is 11.0 Å². The van der Waals surface area contributed by atoms with Gasteiger partial charge in [-0.3, -0.25) is 29.2 Å². The van der Waals surface area contributed by atoms with Crippen LogP contribution in [0, 0.1) is 6.92 Å². The van der Waals surface area contributed by atoms with E-state index in [0.29, 0.717) is 41.3 Å². The molecule has 0 aliphatic carbocycles. The Morgan fingerprint density at radius 3 is 2.22 bits per heavy atom. The molecule has 1 aliphatic rings. The first kappa shape index (κ1) is 59.5. The Bertz CT molecular complexity index is 2330. The number of nitrogens with zero attached hydrogens (tertiary/aromatic N) is 4. The number of aliphatic carboxylic acids is 1. The van der Waals surface area contributed by atoms with E-state index in [9.17, 15) is 23.7 Å². The van der Waals surface area contributed by atoms with Gasteiger partial charge in [0.1, 0.15) is 35.9 Å². The molecule has 0 bridgehead atoms. The molecule has 4 N–H and O–H groups in total. The predicted molar refractivity (Wildman–Crippen MR) is 258 cm³/mol. The highest BCUT2D eigenvalue weighted by Crippen LogP contribution is 2.37. The van der Waals surface area contributed by atoms with Crippen LogP contribution in [0.2, 0.25) is 10.0 Å². The van der Waals surface area contributed by atoms with Crippen LogP contribution in [0.15, 0.2) is 62.4 Å². The van der Waals surface area contributed by atoms with E-state index in [2.05, 4.69) is 17.3 Å². The standard InChI is InChI=1S/C15H18Cl2N2O3.C14H20ClNO2.C11H13Cl2NO3.C3H8NO5P/c1-8(2)21-12-7-11(9(16)6-10(12)17)19-14(20)22-13(18-19)15(3,4)5;1-4-12-8-6-7-11(3)14(12)16(10-18-5-2)13(17)9-15;1-11(2)14(10(15)9(12)13)6-8(17-11)7-4-3-5-16-7;5-3(6)1-4-2-10(7,8)9/h6-8H,1-5H3;6-8H,4-5,9-10H2,1-3H3;3-5,8-9H,6H2,1-2H3;4H,1-2H2,(H,5,6)(H2,7,8,9). The molecule has 4 aromatic rings. The molecule has 24 heteroatoms. The molecule has 5 rings (SSSR count). The summed E-state index contributed by atoms with van der Waals surface area (Å²) in [5, 5.41) is 14.9. The minimum atomic E-state index is -4.10. The van der Waals surface area contributed by atoms with Gasteiger partial charge < -0.3 is 42.8 Å². The number of para-hydroxylation sites is 1. The van der Waals surface area contributed by atoms with Crippen LogP contribution in [-0.4, -0.2) is 103 Å². The van der Waals surface area contributed by atoms with Crippen LogP contribution in [0.1, 0.15) is 91.2 Å². The van der Waals surface area contributed by atoms with Crippen LogP contribution in [0.25, 0.3) is 5.69 Å². The number of alkyl halides is 3. The van der Waals surface area contributed by atoms with Crippen LogP contribution in [-0.2, 0) is 40.3 Å². The number of hydrogen-bond donors (Lipinski definition) is 4. The molecule has 1 saturated heterocycles. The third-order valence-corrected chi connectivity index (χ3v) is 10.8. The lowest BCUT2D eigenvalue weighted by Gasteiger charge is -2.29. The highest BCUT2D eigenvalue weighted by Gasteiger charge is 2.45. The smallest absolute Gasteiger partial charge is 0.442 e. The maximum atomic E-state index is 12.1. The second kappa shape index (κ2) is 26.9. The summed E-state index contributed by atoms with van der Waals surface area (Å²) in [6.07, 6.45) is 1.50. The molecule has 0 spiro atoms. The number of carboxylic acids is 1. The first-order valence-electron chi connectivity index (χ1n) is 20.6. The third kappa shape index (κ3) is 19.0. The third-order valence-electron chi connectivity index (χ3n) is 8.93. The summed E-state index contributed by atoms with van der Waals surface area (Å²) < 4.78 is 38.4. The molecule has 2 aromatic carbocycles. The fraction of sp³-hybridized carbons (Fsp3) is 0.512. The Morgan fingerprint density at radius 2 is 1.73 bits per heavy atom. The quantitative estimate of drug-likeness (QED) is 0.0494. The SMILES string of the molecule is CC(C)Oc1cc(-n2nc(C(C)(C)C)oc2=O)c(Cl)cc1Cl.CC1(C)OC(c2ccco2)CN1C(=O)C(Cl)Cl.CCOCN(C(=O)CCl)c1c(C)cccc1CC.O=C(O)CNCP(=O)(O)O. The van der Waals surface area contributed by atoms with Crippen molar-refractivity contribution in [2.45, 2.75) is 104 Å². The number of anilines is 1. The molecular weight excluding hydrogens is 1000 g/mol. The van der Waals surface area contributed by atoms with E-state index in [1.54, 1.807) is 37.1 Å². The van der Waals surface area contributed by atoms with Crippen molar-refractivity contribution >= 4 is 89.1 Å². The maximum Gasteiger partial charge on any atom is 0.442 e. The second-order valence-corrected chi connectivity index (χ2v) is 20.0. The highest BCUT2D eigenvalue weighted by atomic mass is 35.5. The lowest BCUT2D eigenvalue weighted by atomic mass is 9.97. The molecule has 2 aromatic heterocycles. The largest absolute Gasteiger partial charge is 0.489 e. The highest BCUT2D eigenvalue weighted by molar-refractivity contribution is 7.51. The average Bonchev–Trinajstić information content (AvgIpc) is 3.98. The Balaban J connectivity index is 0.000000317. The number of aryl methyl sites for hydroxylation is 2. The molecule has 0 radical (unpaired) electrons. The maximum absolute atomic E-state index is 12.1. The van der Waals surface area contributed by atoms with E-state index in [1.807, 2.05) is 72.7 Å². The zero-order valence-electron chi connectivity index (χ0n) is 38.9.